The van der Waals surface area contributed by atoms with Crippen LogP contribution in [0.4, 0.5) is 0 Å². The third-order valence-electron chi connectivity index (χ3n) is 6.13. The Morgan fingerprint density at radius 2 is 1.71 bits per heavy atom. The van der Waals surface area contributed by atoms with Crippen LogP contribution in [-0.2, 0) is 16.4 Å². The van der Waals surface area contributed by atoms with Gasteiger partial charge in [-0.3, -0.25) is 4.79 Å². The van der Waals surface area contributed by atoms with Crippen molar-refractivity contribution in [3.05, 3.63) is 68.5 Å². The number of rotatable bonds is 4. The number of nitrogens with zero attached hydrogens (tertiary/aromatic N) is 1. The quantitative estimate of drug-likeness (QED) is 0.671. The number of H-pyrrole nitrogens is 1. The van der Waals surface area contributed by atoms with Crippen LogP contribution in [0, 0.1) is 13.8 Å². The number of aromatic nitrogens is 1. The predicted molar refractivity (Wildman–Crippen MR) is 121 cm³/mol. The first-order valence-electron chi connectivity index (χ1n) is 10.0. The Morgan fingerprint density at radius 3 is 2.35 bits per heavy atom. The zero-order valence-corrected chi connectivity index (χ0v) is 19.1. The first-order valence-corrected chi connectivity index (χ1v) is 11.8. The monoisotopic (exact) mass is 442 g/mol. The summed E-state index contributed by atoms with van der Waals surface area (Å²) in [5, 5.41) is 0.860. The molecule has 1 aliphatic rings. The topological polar surface area (TPSA) is 88.7 Å². The van der Waals surface area contributed by atoms with Crippen molar-refractivity contribution in [1.29, 1.82) is 0 Å². The van der Waals surface area contributed by atoms with Crippen LogP contribution in [0.25, 0.3) is 10.9 Å². The minimum atomic E-state index is -3.58. The van der Waals surface area contributed by atoms with E-state index in [1.165, 1.54) is 17.7 Å². The van der Waals surface area contributed by atoms with Gasteiger partial charge in [-0.25, -0.2) is 8.42 Å². The Labute approximate surface area is 181 Å². The zero-order chi connectivity index (χ0) is 22.5. The molecule has 0 spiro atoms. The molecule has 0 saturated carbocycles. The molecule has 3 aromatic rings. The van der Waals surface area contributed by atoms with Crippen LogP contribution < -0.4 is 15.0 Å². The second kappa shape index (κ2) is 7.69. The Hall–Kier alpha value is -2.84. The summed E-state index contributed by atoms with van der Waals surface area (Å²) in [6.45, 7) is 4.23. The molecule has 1 aliphatic heterocycles. The number of aryl methyl sites for hydroxylation is 2. The number of pyridine rings is 1. The minimum absolute atomic E-state index is 0.274. The summed E-state index contributed by atoms with van der Waals surface area (Å²) in [7, 11) is -0.484. The van der Waals surface area contributed by atoms with Crippen molar-refractivity contribution < 1.29 is 17.9 Å². The van der Waals surface area contributed by atoms with Gasteiger partial charge in [0.05, 0.1) is 32.0 Å². The average Bonchev–Trinajstić information content (AvgIpc) is 2.74. The normalized spacial score (nSPS) is 16.9. The van der Waals surface area contributed by atoms with Crippen molar-refractivity contribution in [2.24, 2.45) is 0 Å². The van der Waals surface area contributed by atoms with Gasteiger partial charge in [0.15, 0.2) is 11.5 Å². The highest BCUT2D eigenvalue weighted by Crippen LogP contribution is 2.41. The van der Waals surface area contributed by atoms with E-state index in [1.807, 2.05) is 32.0 Å². The minimum Gasteiger partial charge on any atom is -0.493 e. The molecule has 1 N–H and O–H groups in total. The molecule has 0 bridgehead atoms. The van der Waals surface area contributed by atoms with Gasteiger partial charge in [-0.1, -0.05) is 12.1 Å². The summed E-state index contributed by atoms with van der Waals surface area (Å²) >= 11 is 0. The first kappa shape index (κ1) is 21.4. The molecule has 31 heavy (non-hydrogen) atoms. The van der Waals surface area contributed by atoms with Crippen LogP contribution in [-0.4, -0.2) is 44.7 Å². The van der Waals surface area contributed by atoms with Gasteiger partial charge in [0.2, 0.25) is 10.0 Å². The van der Waals surface area contributed by atoms with Crippen LogP contribution in [0.3, 0.4) is 0 Å². The zero-order valence-electron chi connectivity index (χ0n) is 18.3. The van der Waals surface area contributed by atoms with Crippen LogP contribution in [0.5, 0.6) is 11.5 Å². The fraction of sp³-hybridized carbons (Fsp3) is 0.348. The largest absolute Gasteiger partial charge is 0.493 e. The maximum absolute atomic E-state index is 13.2. The lowest BCUT2D eigenvalue weighted by molar-refractivity contribution is 0.332. The third kappa shape index (κ3) is 3.59. The number of hydrogen-bond acceptors (Lipinski definition) is 5. The van der Waals surface area contributed by atoms with Crippen LogP contribution in [0.2, 0.25) is 0 Å². The van der Waals surface area contributed by atoms with Crippen LogP contribution in [0.15, 0.2) is 35.1 Å². The van der Waals surface area contributed by atoms with E-state index in [2.05, 4.69) is 4.98 Å². The van der Waals surface area contributed by atoms with E-state index in [9.17, 15) is 13.2 Å². The Morgan fingerprint density at radius 1 is 1.03 bits per heavy atom. The standard InChI is InChI=1S/C23H26N2O5S/c1-13-6-7-16-10-18(23(26)24-21(16)14(13)2)22-17-12-20(30-4)19(29-3)11-15(17)8-9-25(22)31(5,27)28/h6-7,10-12,22H,8-9H2,1-5H3,(H,24,26)/t22-/m1/s1. The molecule has 2 aromatic carbocycles. The van der Waals surface area contributed by atoms with Crippen molar-refractivity contribution in [3.63, 3.8) is 0 Å². The highest BCUT2D eigenvalue weighted by molar-refractivity contribution is 7.88. The van der Waals surface area contributed by atoms with Gasteiger partial charge in [-0.15, -0.1) is 0 Å². The Balaban J connectivity index is 2.02. The number of methoxy groups -OCH3 is 2. The number of benzene rings is 2. The number of fused-ring (bicyclic) bond motifs is 2. The lowest BCUT2D eigenvalue weighted by Crippen LogP contribution is -2.42. The molecule has 1 aromatic heterocycles. The number of ether oxygens (including phenoxy) is 2. The summed E-state index contributed by atoms with van der Waals surface area (Å²) in [5.74, 6) is 1.07. The fourth-order valence-electron chi connectivity index (χ4n) is 4.35. The molecule has 8 heteroatoms. The number of aromatic amines is 1. The van der Waals surface area contributed by atoms with E-state index < -0.39 is 16.1 Å². The van der Waals surface area contributed by atoms with Gasteiger partial charge >= 0.3 is 0 Å². The van der Waals surface area contributed by atoms with Crippen molar-refractivity contribution in [3.8, 4) is 11.5 Å². The molecule has 0 unspecified atom stereocenters. The maximum atomic E-state index is 13.2. The van der Waals surface area contributed by atoms with Gasteiger partial charge in [0.25, 0.3) is 5.56 Å². The maximum Gasteiger partial charge on any atom is 0.253 e. The summed E-state index contributed by atoms with van der Waals surface area (Å²) in [6, 6.07) is 8.63. The molecular weight excluding hydrogens is 416 g/mol. The third-order valence-corrected chi connectivity index (χ3v) is 7.38. The van der Waals surface area contributed by atoms with Gasteiger partial charge in [-0.05, 0) is 66.1 Å². The second-order valence-corrected chi connectivity index (χ2v) is 9.89. The molecule has 0 aliphatic carbocycles. The van der Waals surface area contributed by atoms with E-state index >= 15 is 0 Å². The summed E-state index contributed by atoms with van der Waals surface area (Å²) < 4.78 is 37.6. The van der Waals surface area contributed by atoms with E-state index in [4.69, 9.17) is 9.47 Å². The van der Waals surface area contributed by atoms with Gasteiger partial charge in [0, 0.05) is 12.1 Å². The molecule has 4 rings (SSSR count). The van der Waals surface area contributed by atoms with Gasteiger partial charge in [-0.2, -0.15) is 4.31 Å². The molecule has 0 fully saturated rings. The number of sulfonamides is 1. The van der Waals surface area contributed by atoms with E-state index in [0.717, 1.165) is 33.2 Å². The van der Waals surface area contributed by atoms with Crippen molar-refractivity contribution in [1.82, 2.24) is 9.29 Å². The molecule has 164 valence electrons. The summed E-state index contributed by atoms with van der Waals surface area (Å²) in [6.07, 6.45) is 1.69. The molecule has 1 atom stereocenters. The highest BCUT2D eigenvalue weighted by atomic mass is 32.2. The van der Waals surface area contributed by atoms with Crippen molar-refractivity contribution in [2.45, 2.75) is 26.3 Å². The van der Waals surface area contributed by atoms with E-state index in [1.54, 1.807) is 19.2 Å². The van der Waals surface area contributed by atoms with E-state index in [-0.39, 0.29) is 12.1 Å². The van der Waals surface area contributed by atoms with Crippen LogP contribution >= 0.6 is 0 Å². The van der Waals surface area contributed by atoms with Gasteiger partial charge in [0.1, 0.15) is 0 Å². The Kier molecular flexibility index (Phi) is 5.31. The highest BCUT2D eigenvalue weighted by Gasteiger charge is 2.37. The second-order valence-electron chi connectivity index (χ2n) is 7.96. The first-order chi connectivity index (χ1) is 14.7. The molecule has 7 nitrogen and oxygen atoms in total. The number of nitrogens with one attached hydrogen (secondary N) is 1. The van der Waals surface area contributed by atoms with Crippen molar-refractivity contribution in [2.75, 3.05) is 27.0 Å². The number of hydrogen-bond donors (Lipinski definition) is 1. The lowest BCUT2D eigenvalue weighted by Gasteiger charge is -2.36. The fourth-order valence-corrected chi connectivity index (χ4v) is 5.38. The van der Waals surface area contributed by atoms with Crippen LogP contribution in [0.1, 0.15) is 33.9 Å². The summed E-state index contributed by atoms with van der Waals surface area (Å²) in [5.41, 5.74) is 4.58. The molecule has 0 saturated heterocycles. The lowest BCUT2D eigenvalue weighted by atomic mass is 9.89. The molecular formula is C23H26N2O5S. The SMILES string of the molecule is COc1cc2c(cc1OC)[C@H](c1cc3ccc(C)c(C)c3[nH]c1=O)N(S(C)(=O)=O)CC2. The molecule has 2 heterocycles. The van der Waals surface area contributed by atoms with Gasteiger partial charge < -0.3 is 14.5 Å². The Bertz CT molecular complexity index is 1340. The summed E-state index contributed by atoms with van der Waals surface area (Å²) in [4.78, 5) is 16.2. The van der Waals surface area contributed by atoms with Crippen molar-refractivity contribution >= 4 is 20.9 Å². The average molecular weight is 443 g/mol. The van der Waals surface area contributed by atoms with E-state index in [0.29, 0.717) is 23.5 Å². The molecule has 0 radical (unpaired) electrons. The molecule has 0 amide bonds. The smallest absolute Gasteiger partial charge is 0.253 e. The predicted octanol–water partition coefficient (Wildman–Crippen LogP) is 3.07.